The van der Waals surface area contributed by atoms with Gasteiger partial charge in [0.15, 0.2) is 0 Å². The van der Waals surface area contributed by atoms with Gasteiger partial charge < -0.3 is 0 Å². The highest BCUT2D eigenvalue weighted by Gasteiger charge is 2.17. The average Bonchev–Trinajstić information content (AvgIpc) is 2.77. The monoisotopic (exact) mass is 437 g/mol. The minimum Gasteiger partial charge on any atom is -0.280 e. The molecule has 7 nitrogen and oxygen atoms in total. The van der Waals surface area contributed by atoms with Crippen molar-refractivity contribution in [1.82, 2.24) is 15.0 Å². The zero-order valence-electron chi connectivity index (χ0n) is 15.6. The fourth-order valence-corrected chi connectivity index (χ4v) is 3.93. The van der Waals surface area contributed by atoms with Gasteiger partial charge in [0.05, 0.1) is 10.6 Å². The predicted octanol–water partition coefficient (Wildman–Crippen LogP) is 4.80. The SMILES string of the molecule is O=S(=O)(Nc1ccc(N(c2ccccn2)c2ncccn2)cc1)c1ccc(Cl)cc1. The number of anilines is 4. The number of halogens is 1. The van der Waals surface area contributed by atoms with E-state index in [1.807, 2.05) is 18.2 Å². The molecule has 0 aliphatic rings. The molecule has 2 aromatic carbocycles. The Balaban J connectivity index is 1.63. The van der Waals surface area contributed by atoms with Gasteiger partial charge in [-0.1, -0.05) is 17.7 Å². The van der Waals surface area contributed by atoms with Crippen LogP contribution in [0, 0.1) is 0 Å². The fraction of sp³-hybridized carbons (Fsp3) is 0. The van der Waals surface area contributed by atoms with Crippen LogP contribution in [-0.2, 0) is 10.0 Å². The van der Waals surface area contributed by atoms with Crippen LogP contribution in [0.2, 0.25) is 5.02 Å². The highest BCUT2D eigenvalue weighted by Crippen LogP contribution is 2.31. The van der Waals surface area contributed by atoms with Gasteiger partial charge in [-0.15, -0.1) is 0 Å². The molecular weight excluding hydrogens is 422 g/mol. The Bertz CT molecular complexity index is 1180. The van der Waals surface area contributed by atoms with Crippen LogP contribution in [0.5, 0.6) is 0 Å². The number of hydrogen-bond donors (Lipinski definition) is 1. The maximum atomic E-state index is 12.6. The summed E-state index contributed by atoms with van der Waals surface area (Å²) in [4.78, 5) is 14.9. The molecule has 0 atom stereocenters. The molecule has 0 saturated heterocycles. The predicted molar refractivity (Wildman–Crippen MR) is 117 cm³/mol. The normalized spacial score (nSPS) is 11.1. The summed E-state index contributed by atoms with van der Waals surface area (Å²) >= 11 is 5.83. The Morgan fingerprint density at radius 2 is 1.43 bits per heavy atom. The second kappa shape index (κ2) is 8.48. The van der Waals surface area contributed by atoms with Crippen LogP contribution >= 0.6 is 11.6 Å². The quantitative estimate of drug-likeness (QED) is 0.466. The molecule has 2 aromatic heterocycles. The van der Waals surface area contributed by atoms with Crippen molar-refractivity contribution in [3.63, 3.8) is 0 Å². The lowest BCUT2D eigenvalue weighted by molar-refractivity contribution is 0.601. The zero-order valence-corrected chi connectivity index (χ0v) is 17.1. The van der Waals surface area contributed by atoms with Crippen molar-refractivity contribution in [1.29, 1.82) is 0 Å². The average molecular weight is 438 g/mol. The summed E-state index contributed by atoms with van der Waals surface area (Å²) < 4.78 is 27.7. The summed E-state index contributed by atoms with van der Waals surface area (Å²) in [6, 6.07) is 20.1. The topological polar surface area (TPSA) is 88.1 Å². The lowest BCUT2D eigenvalue weighted by Gasteiger charge is -2.21. The fourth-order valence-electron chi connectivity index (χ4n) is 2.75. The van der Waals surface area contributed by atoms with E-state index in [9.17, 15) is 8.42 Å². The van der Waals surface area contributed by atoms with Crippen LogP contribution < -0.4 is 9.62 Å². The molecule has 0 aliphatic carbocycles. The van der Waals surface area contributed by atoms with E-state index in [-0.39, 0.29) is 4.90 Å². The second-order valence-electron chi connectivity index (χ2n) is 6.18. The Hall–Kier alpha value is -3.49. The van der Waals surface area contributed by atoms with Crippen molar-refractivity contribution in [3.05, 3.63) is 96.4 Å². The van der Waals surface area contributed by atoms with E-state index in [0.29, 0.717) is 22.5 Å². The Labute approximate surface area is 179 Å². The van der Waals surface area contributed by atoms with Gasteiger partial charge in [-0.25, -0.2) is 23.4 Å². The van der Waals surface area contributed by atoms with E-state index < -0.39 is 10.0 Å². The number of pyridine rings is 1. The van der Waals surface area contributed by atoms with Gasteiger partial charge in [0.25, 0.3) is 10.0 Å². The molecule has 2 heterocycles. The molecule has 0 amide bonds. The Morgan fingerprint density at radius 3 is 2.07 bits per heavy atom. The molecule has 150 valence electrons. The first-order valence-corrected chi connectivity index (χ1v) is 10.8. The molecule has 1 N–H and O–H groups in total. The first-order valence-electron chi connectivity index (χ1n) is 8.89. The van der Waals surface area contributed by atoms with Crippen LogP contribution in [0.4, 0.5) is 23.1 Å². The molecule has 0 aliphatic heterocycles. The van der Waals surface area contributed by atoms with Crippen LogP contribution in [0.25, 0.3) is 0 Å². The molecule has 0 spiro atoms. The molecule has 4 rings (SSSR count). The van der Waals surface area contributed by atoms with Crippen molar-refractivity contribution >= 4 is 44.8 Å². The Morgan fingerprint density at radius 1 is 0.767 bits per heavy atom. The van der Waals surface area contributed by atoms with Crippen molar-refractivity contribution in [2.45, 2.75) is 4.90 Å². The molecule has 0 radical (unpaired) electrons. The minimum atomic E-state index is -3.73. The van der Waals surface area contributed by atoms with Crippen LogP contribution in [-0.4, -0.2) is 23.4 Å². The first-order chi connectivity index (χ1) is 14.5. The standard InChI is InChI=1S/C21H16ClN5O2S/c22-16-5-11-19(12-6-16)30(28,29)26-17-7-9-18(10-8-17)27(20-4-1-2-13-23-20)21-24-14-3-15-25-21/h1-15,26H. The number of sulfonamides is 1. The van der Waals surface area contributed by atoms with Gasteiger partial charge in [0, 0.05) is 29.3 Å². The van der Waals surface area contributed by atoms with Gasteiger partial charge in [-0.2, -0.15) is 0 Å². The van der Waals surface area contributed by atoms with Crippen molar-refractivity contribution < 1.29 is 8.42 Å². The lowest BCUT2D eigenvalue weighted by Crippen LogP contribution is -2.15. The zero-order chi connectivity index (χ0) is 21.0. The maximum absolute atomic E-state index is 12.6. The summed E-state index contributed by atoms with van der Waals surface area (Å²) in [5.74, 6) is 1.09. The second-order valence-corrected chi connectivity index (χ2v) is 8.30. The lowest BCUT2D eigenvalue weighted by atomic mass is 10.2. The highest BCUT2D eigenvalue weighted by atomic mass is 35.5. The van der Waals surface area contributed by atoms with Gasteiger partial charge in [0.2, 0.25) is 5.95 Å². The van der Waals surface area contributed by atoms with E-state index in [4.69, 9.17) is 11.6 Å². The smallest absolute Gasteiger partial charge is 0.261 e. The summed E-state index contributed by atoms with van der Waals surface area (Å²) in [6.45, 7) is 0. The molecule has 4 aromatic rings. The number of rotatable bonds is 6. The third kappa shape index (κ3) is 4.40. The number of nitrogens with zero attached hydrogens (tertiary/aromatic N) is 4. The molecular formula is C21H16ClN5O2S. The van der Waals surface area contributed by atoms with Crippen LogP contribution in [0.3, 0.4) is 0 Å². The molecule has 9 heteroatoms. The summed E-state index contributed by atoms with van der Waals surface area (Å²) in [7, 11) is -3.73. The number of hydrogen-bond acceptors (Lipinski definition) is 6. The molecule has 0 bridgehead atoms. The third-order valence-electron chi connectivity index (χ3n) is 4.13. The first kappa shape index (κ1) is 19.8. The number of benzene rings is 2. The van der Waals surface area contributed by atoms with Crippen molar-refractivity contribution in [3.8, 4) is 0 Å². The van der Waals surface area contributed by atoms with Gasteiger partial charge >= 0.3 is 0 Å². The van der Waals surface area contributed by atoms with E-state index >= 15 is 0 Å². The number of aromatic nitrogens is 3. The minimum absolute atomic E-state index is 0.128. The molecule has 30 heavy (non-hydrogen) atoms. The Kier molecular flexibility index (Phi) is 5.60. The molecule has 0 saturated carbocycles. The molecule has 0 fully saturated rings. The van der Waals surface area contributed by atoms with E-state index in [2.05, 4.69) is 19.7 Å². The van der Waals surface area contributed by atoms with Gasteiger partial charge in [0.1, 0.15) is 5.82 Å². The van der Waals surface area contributed by atoms with Crippen molar-refractivity contribution in [2.75, 3.05) is 9.62 Å². The van der Waals surface area contributed by atoms with E-state index in [0.717, 1.165) is 5.69 Å². The van der Waals surface area contributed by atoms with E-state index in [1.54, 1.807) is 53.8 Å². The van der Waals surface area contributed by atoms with E-state index in [1.165, 1.54) is 24.3 Å². The van der Waals surface area contributed by atoms with Crippen molar-refractivity contribution in [2.24, 2.45) is 0 Å². The highest BCUT2D eigenvalue weighted by molar-refractivity contribution is 7.92. The summed E-state index contributed by atoms with van der Waals surface area (Å²) in [5.41, 5.74) is 1.15. The number of nitrogens with one attached hydrogen (secondary N) is 1. The van der Waals surface area contributed by atoms with Gasteiger partial charge in [-0.05, 0) is 66.7 Å². The summed E-state index contributed by atoms with van der Waals surface area (Å²) in [6.07, 6.45) is 4.97. The summed E-state index contributed by atoms with van der Waals surface area (Å²) in [5, 5.41) is 0.469. The molecule has 0 unspecified atom stereocenters. The largest absolute Gasteiger partial charge is 0.280 e. The van der Waals surface area contributed by atoms with Crippen LogP contribution in [0.1, 0.15) is 0 Å². The maximum Gasteiger partial charge on any atom is 0.261 e. The van der Waals surface area contributed by atoms with Gasteiger partial charge in [-0.3, -0.25) is 9.62 Å². The van der Waals surface area contributed by atoms with Crippen LogP contribution in [0.15, 0.2) is 96.3 Å². The third-order valence-corrected chi connectivity index (χ3v) is 5.78.